The largest absolute Gasteiger partial charge is 0.489 e. The molecule has 1 heterocycles. The van der Waals surface area contributed by atoms with Gasteiger partial charge >= 0.3 is 12.0 Å². The Morgan fingerprint density at radius 1 is 0.973 bits per heavy atom. The molecule has 1 saturated heterocycles. The molecule has 37 heavy (non-hydrogen) atoms. The van der Waals surface area contributed by atoms with Crippen molar-refractivity contribution in [2.45, 2.75) is 13.5 Å². The normalized spacial score (nSPS) is 14.5. The topological polar surface area (TPSA) is 102 Å². The Bertz CT molecular complexity index is 1400. The number of amides is 4. The molecule has 0 aromatic heterocycles. The van der Waals surface area contributed by atoms with E-state index in [2.05, 4.69) is 5.32 Å². The Morgan fingerprint density at radius 2 is 1.68 bits per heavy atom. The number of hydrogen-bond acceptors (Lipinski definition) is 6. The van der Waals surface area contributed by atoms with Crippen LogP contribution in [0.3, 0.4) is 0 Å². The molecule has 1 aliphatic rings. The number of barbiturate groups is 1. The first-order valence-electron chi connectivity index (χ1n) is 11.1. The van der Waals surface area contributed by atoms with Gasteiger partial charge in [-0.25, -0.2) is 14.5 Å². The maximum Gasteiger partial charge on any atom is 0.338 e. The molecular weight excluding hydrogens is 519 g/mol. The van der Waals surface area contributed by atoms with Crippen molar-refractivity contribution in [1.29, 1.82) is 0 Å². The van der Waals surface area contributed by atoms with Crippen LogP contribution in [0, 0.1) is 0 Å². The summed E-state index contributed by atoms with van der Waals surface area (Å²) in [5, 5.41) is 3.19. The summed E-state index contributed by atoms with van der Waals surface area (Å²) in [5.41, 5.74) is 1.54. The molecule has 8 nitrogen and oxygen atoms in total. The predicted molar refractivity (Wildman–Crippen MR) is 139 cm³/mol. The summed E-state index contributed by atoms with van der Waals surface area (Å²) in [7, 11) is 0. The number of rotatable bonds is 7. The van der Waals surface area contributed by atoms with Gasteiger partial charge in [-0.1, -0.05) is 41.4 Å². The molecule has 4 rings (SSSR count). The molecule has 1 N–H and O–H groups in total. The maximum atomic E-state index is 13.1. The third-order valence-corrected chi connectivity index (χ3v) is 5.93. The summed E-state index contributed by atoms with van der Waals surface area (Å²) < 4.78 is 10.7. The lowest BCUT2D eigenvalue weighted by Crippen LogP contribution is -2.54. The molecule has 0 saturated carbocycles. The van der Waals surface area contributed by atoms with Crippen molar-refractivity contribution in [2.24, 2.45) is 0 Å². The average molecular weight is 539 g/mol. The van der Waals surface area contributed by atoms with Gasteiger partial charge in [-0.3, -0.25) is 14.9 Å². The van der Waals surface area contributed by atoms with E-state index in [-0.39, 0.29) is 30.0 Å². The lowest BCUT2D eigenvalue weighted by molar-refractivity contribution is -0.122. The minimum Gasteiger partial charge on any atom is -0.489 e. The summed E-state index contributed by atoms with van der Waals surface area (Å²) in [6.45, 7) is 2.13. The van der Waals surface area contributed by atoms with E-state index in [0.717, 1.165) is 10.5 Å². The number of urea groups is 1. The molecule has 0 bridgehead atoms. The quantitative estimate of drug-likeness (QED) is 0.245. The van der Waals surface area contributed by atoms with Crippen molar-refractivity contribution in [3.05, 3.63) is 99.0 Å². The number of nitrogens with zero attached hydrogens (tertiary/aromatic N) is 1. The number of carbonyl (C=O) groups excluding carboxylic acids is 4. The first-order valence-corrected chi connectivity index (χ1v) is 11.9. The van der Waals surface area contributed by atoms with Crippen LogP contribution in [0.5, 0.6) is 5.75 Å². The Kier molecular flexibility index (Phi) is 7.91. The van der Waals surface area contributed by atoms with Crippen molar-refractivity contribution in [3.63, 3.8) is 0 Å². The van der Waals surface area contributed by atoms with E-state index in [0.29, 0.717) is 21.4 Å². The molecule has 0 radical (unpaired) electrons. The SMILES string of the molecule is CCOC(=O)c1ccc(N2C(=O)NC(=O)/C(=C\c3ccc(OCc4ccc(Cl)cc4Cl)cc3)C2=O)cc1. The van der Waals surface area contributed by atoms with E-state index in [1.165, 1.54) is 30.3 Å². The number of carbonyl (C=O) groups is 4. The number of nitrogens with one attached hydrogen (secondary N) is 1. The first kappa shape index (κ1) is 25.9. The van der Waals surface area contributed by atoms with Gasteiger partial charge in [0.25, 0.3) is 11.8 Å². The maximum absolute atomic E-state index is 13.1. The van der Waals surface area contributed by atoms with Gasteiger partial charge in [0.05, 0.1) is 17.9 Å². The van der Waals surface area contributed by atoms with Gasteiger partial charge in [0.15, 0.2) is 0 Å². The predicted octanol–water partition coefficient (Wildman–Crippen LogP) is 5.42. The number of benzene rings is 3. The van der Waals surface area contributed by atoms with E-state index in [1.807, 2.05) is 0 Å². The summed E-state index contributed by atoms with van der Waals surface area (Å²) in [5.74, 6) is -1.59. The van der Waals surface area contributed by atoms with Crippen molar-refractivity contribution in [2.75, 3.05) is 11.5 Å². The van der Waals surface area contributed by atoms with Crippen LogP contribution >= 0.6 is 23.2 Å². The van der Waals surface area contributed by atoms with E-state index in [4.69, 9.17) is 32.7 Å². The van der Waals surface area contributed by atoms with Gasteiger partial charge < -0.3 is 9.47 Å². The summed E-state index contributed by atoms with van der Waals surface area (Å²) in [4.78, 5) is 50.7. The Hall–Kier alpha value is -4.14. The summed E-state index contributed by atoms with van der Waals surface area (Å²) in [6, 6.07) is 16.6. The second kappa shape index (κ2) is 11.3. The summed E-state index contributed by atoms with van der Waals surface area (Å²) in [6.07, 6.45) is 1.38. The molecule has 4 amide bonds. The number of anilines is 1. The van der Waals surface area contributed by atoms with Crippen LogP contribution in [0.2, 0.25) is 10.0 Å². The van der Waals surface area contributed by atoms with Crippen molar-refractivity contribution in [1.82, 2.24) is 5.32 Å². The molecule has 0 unspecified atom stereocenters. The van der Waals surface area contributed by atoms with Gasteiger partial charge in [-0.2, -0.15) is 0 Å². The fourth-order valence-electron chi connectivity index (χ4n) is 3.48. The Morgan fingerprint density at radius 3 is 2.32 bits per heavy atom. The number of imide groups is 2. The second-order valence-electron chi connectivity index (χ2n) is 7.82. The molecule has 3 aromatic rings. The zero-order chi connectivity index (χ0) is 26.5. The minimum atomic E-state index is -0.888. The van der Waals surface area contributed by atoms with E-state index in [1.54, 1.807) is 49.4 Å². The molecule has 1 aliphatic heterocycles. The molecule has 0 aliphatic carbocycles. The van der Waals surface area contributed by atoms with Gasteiger partial charge in [0.2, 0.25) is 0 Å². The fraction of sp³-hybridized carbons (Fsp3) is 0.111. The van der Waals surface area contributed by atoms with Crippen LogP contribution < -0.4 is 15.0 Å². The zero-order valence-corrected chi connectivity index (χ0v) is 21.0. The van der Waals surface area contributed by atoms with Crippen LogP contribution in [-0.2, 0) is 20.9 Å². The third kappa shape index (κ3) is 5.99. The van der Waals surface area contributed by atoms with Crippen molar-refractivity contribution >= 4 is 58.8 Å². The van der Waals surface area contributed by atoms with E-state index < -0.39 is 23.8 Å². The third-order valence-electron chi connectivity index (χ3n) is 5.34. The average Bonchev–Trinajstić information content (AvgIpc) is 2.87. The van der Waals surface area contributed by atoms with Crippen LogP contribution in [0.1, 0.15) is 28.4 Å². The van der Waals surface area contributed by atoms with Crippen molar-refractivity contribution < 1.29 is 28.7 Å². The highest BCUT2D eigenvalue weighted by Crippen LogP contribution is 2.25. The van der Waals surface area contributed by atoms with E-state index >= 15 is 0 Å². The molecule has 0 atom stereocenters. The molecule has 0 spiro atoms. The Balaban J connectivity index is 1.49. The van der Waals surface area contributed by atoms with Gasteiger partial charge in [0, 0.05) is 15.6 Å². The van der Waals surface area contributed by atoms with Gasteiger partial charge in [0.1, 0.15) is 17.9 Å². The number of ether oxygens (including phenoxy) is 2. The van der Waals surface area contributed by atoms with Crippen LogP contribution in [-0.4, -0.2) is 30.4 Å². The highest BCUT2D eigenvalue weighted by molar-refractivity contribution is 6.39. The summed E-state index contributed by atoms with van der Waals surface area (Å²) >= 11 is 12.1. The smallest absolute Gasteiger partial charge is 0.338 e. The number of halogens is 2. The molecular formula is C27H20Cl2N2O6. The molecule has 188 valence electrons. The van der Waals surface area contributed by atoms with E-state index in [9.17, 15) is 19.2 Å². The highest BCUT2D eigenvalue weighted by atomic mass is 35.5. The zero-order valence-electron chi connectivity index (χ0n) is 19.5. The Labute approximate surface area is 222 Å². The molecule has 3 aromatic carbocycles. The van der Waals surface area contributed by atoms with Gasteiger partial charge in [-0.05, 0) is 67.1 Å². The first-order chi connectivity index (χ1) is 17.8. The molecule has 1 fully saturated rings. The van der Waals surface area contributed by atoms with Crippen LogP contribution in [0.15, 0.2) is 72.3 Å². The lowest BCUT2D eigenvalue weighted by Gasteiger charge is -2.26. The fourth-order valence-corrected chi connectivity index (χ4v) is 3.94. The standard InChI is InChI=1S/C27H20Cl2N2O6/c1-2-36-26(34)17-6-9-20(10-7-17)31-25(33)22(24(32)30-27(31)35)13-16-3-11-21(12-4-16)37-15-18-5-8-19(28)14-23(18)29/h3-14H,2,15H2,1H3,(H,30,32,35)/b22-13+. The minimum absolute atomic E-state index is 0.193. The number of hydrogen-bond donors (Lipinski definition) is 1. The number of esters is 1. The lowest BCUT2D eigenvalue weighted by atomic mass is 10.1. The van der Waals surface area contributed by atoms with Gasteiger partial charge in [-0.15, -0.1) is 0 Å². The highest BCUT2D eigenvalue weighted by Gasteiger charge is 2.36. The van der Waals surface area contributed by atoms with Crippen LogP contribution in [0.25, 0.3) is 6.08 Å². The second-order valence-corrected chi connectivity index (χ2v) is 8.66. The monoisotopic (exact) mass is 538 g/mol. The van der Waals surface area contributed by atoms with Crippen molar-refractivity contribution in [3.8, 4) is 5.75 Å². The molecule has 10 heteroatoms. The van der Waals surface area contributed by atoms with Crippen LogP contribution in [0.4, 0.5) is 10.5 Å².